The lowest BCUT2D eigenvalue weighted by Crippen LogP contribution is -2.37. The zero-order valence-corrected chi connectivity index (χ0v) is 18.5. The monoisotopic (exact) mass is 471 g/mol. The molecule has 0 radical (unpaired) electrons. The van der Waals surface area contributed by atoms with E-state index in [1.165, 1.54) is 23.9 Å². The Morgan fingerprint density at radius 2 is 1.91 bits per heavy atom. The molecule has 0 atom stereocenters. The minimum absolute atomic E-state index is 0.319. The van der Waals surface area contributed by atoms with Crippen LogP contribution in [0.2, 0.25) is 5.02 Å². The van der Waals surface area contributed by atoms with Gasteiger partial charge in [0.2, 0.25) is 11.8 Å². The van der Waals surface area contributed by atoms with Gasteiger partial charge in [-0.25, -0.2) is 9.37 Å². The van der Waals surface area contributed by atoms with Crippen LogP contribution >= 0.6 is 23.4 Å². The molecule has 0 N–H and O–H groups in total. The first-order chi connectivity index (χ1) is 15.7. The third-order valence-electron chi connectivity index (χ3n) is 4.98. The Hall–Kier alpha value is -2.88. The standard InChI is InChI=1S/C22H19ClFN5O2S/c23-19-7-2-1-6-18(19)20-25-16(13-31-20)14-32-22-27-26-21(28-8-10-30-11-9-28)29(22)17-5-3-4-15(24)12-17/h1-7,12-13H,8-11,14H2. The van der Waals surface area contributed by atoms with Gasteiger partial charge < -0.3 is 14.1 Å². The fraction of sp³-hybridized carbons (Fsp3) is 0.227. The quantitative estimate of drug-likeness (QED) is 0.372. The van der Waals surface area contributed by atoms with Gasteiger partial charge in [-0.05, 0) is 30.3 Å². The van der Waals surface area contributed by atoms with Crippen LogP contribution in [0.3, 0.4) is 0 Å². The molecule has 0 amide bonds. The summed E-state index contributed by atoms with van der Waals surface area (Å²) in [6.45, 7) is 2.62. The maximum Gasteiger partial charge on any atom is 0.232 e. The van der Waals surface area contributed by atoms with Gasteiger partial charge in [-0.15, -0.1) is 10.2 Å². The van der Waals surface area contributed by atoms with E-state index in [1.54, 1.807) is 18.4 Å². The molecule has 0 saturated carbocycles. The molecule has 7 nitrogen and oxygen atoms in total. The number of ether oxygens (including phenoxy) is 1. The molecule has 0 spiro atoms. The first-order valence-corrected chi connectivity index (χ1v) is 11.4. The minimum atomic E-state index is -0.319. The maximum absolute atomic E-state index is 14.0. The SMILES string of the molecule is Fc1cccc(-n2c(SCc3coc(-c4ccccc4Cl)n3)nnc2N2CCOCC2)c1. The van der Waals surface area contributed by atoms with Gasteiger partial charge in [0.1, 0.15) is 12.1 Å². The van der Waals surface area contributed by atoms with Gasteiger partial charge in [0.15, 0.2) is 5.16 Å². The normalized spacial score (nSPS) is 14.1. The Morgan fingerprint density at radius 3 is 2.72 bits per heavy atom. The van der Waals surface area contributed by atoms with E-state index in [9.17, 15) is 4.39 Å². The van der Waals surface area contributed by atoms with Gasteiger partial charge >= 0.3 is 0 Å². The summed E-state index contributed by atoms with van der Waals surface area (Å²) < 4.78 is 26.9. The third-order valence-corrected chi connectivity index (χ3v) is 6.27. The molecule has 2 aromatic heterocycles. The Kier molecular flexibility index (Phi) is 6.11. The summed E-state index contributed by atoms with van der Waals surface area (Å²) in [5.74, 6) is 1.32. The number of aromatic nitrogens is 4. The van der Waals surface area contributed by atoms with E-state index in [4.69, 9.17) is 20.8 Å². The van der Waals surface area contributed by atoms with Crippen molar-refractivity contribution in [1.29, 1.82) is 0 Å². The third kappa shape index (κ3) is 4.36. The van der Waals surface area contributed by atoms with Crippen molar-refractivity contribution in [2.75, 3.05) is 31.2 Å². The molecule has 5 rings (SSSR count). The number of rotatable bonds is 6. The minimum Gasteiger partial charge on any atom is -0.444 e. The first kappa shape index (κ1) is 21.0. The van der Waals surface area contributed by atoms with E-state index in [1.807, 2.05) is 28.8 Å². The Morgan fingerprint density at radius 1 is 1.06 bits per heavy atom. The smallest absolute Gasteiger partial charge is 0.232 e. The number of hydrogen-bond acceptors (Lipinski definition) is 7. The van der Waals surface area contributed by atoms with Crippen LogP contribution in [0.5, 0.6) is 0 Å². The lowest BCUT2D eigenvalue weighted by atomic mass is 10.2. The number of hydrogen-bond donors (Lipinski definition) is 0. The second kappa shape index (κ2) is 9.32. The largest absolute Gasteiger partial charge is 0.444 e. The molecule has 1 saturated heterocycles. The molecular formula is C22H19ClFN5O2S. The Balaban J connectivity index is 1.41. The van der Waals surface area contributed by atoms with Crippen molar-refractivity contribution >= 4 is 29.3 Å². The highest BCUT2D eigenvalue weighted by Crippen LogP contribution is 2.31. The molecule has 10 heteroatoms. The maximum atomic E-state index is 14.0. The van der Waals surface area contributed by atoms with E-state index in [2.05, 4.69) is 20.1 Å². The second-order valence-corrected chi connectivity index (χ2v) is 8.46. The van der Waals surface area contributed by atoms with E-state index < -0.39 is 0 Å². The van der Waals surface area contributed by atoms with Crippen LogP contribution < -0.4 is 4.90 Å². The molecule has 2 aromatic carbocycles. The predicted octanol–water partition coefficient (Wildman–Crippen LogP) is 4.84. The van der Waals surface area contributed by atoms with Crippen molar-refractivity contribution in [3.05, 3.63) is 71.3 Å². The molecular weight excluding hydrogens is 453 g/mol. The molecule has 1 fully saturated rings. The number of nitrogens with zero attached hydrogens (tertiary/aromatic N) is 5. The molecule has 1 aliphatic heterocycles. The lowest BCUT2D eigenvalue weighted by molar-refractivity contribution is 0.122. The summed E-state index contributed by atoms with van der Waals surface area (Å²) in [5, 5.41) is 10.0. The number of benzene rings is 2. The molecule has 1 aliphatic rings. The van der Waals surface area contributed by atoms with Gasteiger partial charge in [0.25, 0.3) is 0 Å². The van der Waals surface area contributed by atoms with Gasteiger partial charge in [-0.2, -0.15) is 0 Å². The highest BCUT2D eigenvalue weighted by Gasteiger charge is 2.22. The predicted molar refractivity (Wildman–Crippen MR) is 121 cm³/mol. The second-order valence-electron chi connectivity index (χ2n) is 7.11. The molecule has 32 heavy (non-hydrogen) atoms. The molecule has 0 unspecified atom stereocenters. The summed E-state index contributed by atoms with van der Waals surface area (Å²) in [5.41, 5.74) is 2.14. The van der Waals surface area contributed by atoms with Crippen LogP contribution in [0.4, 0.5) is 10.3 Å². The average Bonchev–Trinajstić information content (AvgIpc) is 3.46. The highest BCUT2D eigenvalue weighted by molar-refractivity contribution is 7.98. The molecule has 0 aliphatic carbocycles. The van der Waals surface area contributed by atoms with Crippen molar-refractivity contribution in [3.63, 3.8) is 0 Å². The Labute approximate surface area is 193 Å². The molecule has 164 valence electrons. The average molecular weight is 472 g/mol. The fourth-order valence-corrected chi connectivity index (χ4v) is 4.48. The van der Waals surface area contributed by atoms with E-state index in [0.717, 1.165) is 11.3 Å². The molecule has 3 heterocycles. The first-order valence-electron chi connectivity index (χ1n) is 10.1. The highest BCUT2D eigenvalue weighted by atomic mass is 35.5. The van der Waals surface area contributed by atoms with Crippen molar-refractivity contribution < 1.29 is 13.5 Å². The van der Waals surface area contributed by atoms with Crippen LogP contribution in [-0.2, 0) is 10.5 Å². The number of anilines is 1. The molecule has 4 aromatic rings. The van der Waals surface area contributed by atoms with E-state index in [0.29, 0.717) is 59.8 Å². The fourth-order valence-electron chi connectivity index (χ4n) is 3.44. The summed E-state index contributed by atoms with van der Waals surface area (Å²) in [7, 11) is 0. The summed E-state index contributed by atoms with van der Waals surface area (Å²) in [6.07, 6.45) is 1.61. The van der Waals surface area contributed by atoms with Crippen LogP contribution in [0, 0.1) is 5.82 Å². The van der Waals surface area contributed by atoms with E-state index in [-0.39, 0.29) is 5.82 Å². The zero-order chi connectivity index (χ0) is 21.9. The van der Waals surface area contributed by atoms with Crippen molar-refractivity contribution in [1.82, 2.24) is 19.7 Å². The van der Waals surface area contributed by atoms with Crippen molar-refractivity contribution in [2.24, 2.45) is 0 Å². The van der Waals surface area contributed by atoms with Crippen molar-refractivity contribution in [3.8, 4) is 17.1 Å². The van der Waals surface area contributed by atoms with Crippen LogP contribution in [-0.4, -0.2) is 46.1 Å². The number of halogens is 2. The lowest BCUT2D eigenvalue weighted by Gasteiger charge is -2.27. The molecule has 0 bridgehead atoms. The number of morpholine rings is 1. The Bertz CT molecular complexity index is 1220. The zero-order valence-electron chi connectivity index (χ0n) is 16.9. The van der Waals surface area contributed by atoms with Crippen LogP contribution in [0.25, 0.3) is 17.1 Å². The van der Waals surface area contributed by atoms with Crippen LogP contribution in [0.15, 0.2) is 64.4 Å². The summed E-state index contributed by atoms with van der Waals surface area (Å²) >= 11 is 7.70. The number of oxazole rings is 1. The van der Waals surface area contributed by atoms with Gasteiger partial charge in [-0.1, -0.05) is 41.6 Å². The van der Waals surface area contributed by atoms with Gasteiger partial charge in [-0.3, -0.25) is 4.57 Å². The summed E-state index contributed by atoms with van der Waals surface area (Å²) in [4.78, 5) is 6.65. The topological polar surface area (TPSA) is 69.2 Å². The number of thioether (sulfide) groups is 1. The van der Waals surface area contributed by atoms with E-state index >= 15 is 0 Å². The van der Waals surface area contributed by atoms with Gasteiger partial charge in [0, 0.05) is 18.8 Å². The summed E-state index contributed by atoms with van der Waals surface area (Å²) in [6, 6.07) is 13.8. The van der Waals surface area contributed by atoms with Crippen LogP contribution in [0.1, 0.15) is 5.69 Å². The van der Waals surface area contributed by atoms with Crippen molar-refractivity contribution in [2.45, 2.75) is 10.9 Å². The van der Waals surface area contributed by atoms with Gasteiger partial charge in [0.05, 0.1) is 35.2 Å².